The van der Waals surface area contributed by atoms with Gasteiger partial charge in [-0.3, -0.25) is 9.78 Å². The minimum atomic E-state index is 0.205. The molecule has 0 radical (unpaired) electrons. The van der Waals surface area contributed by atoms with Crippen molar-refractivity contribution in [1.82, 2.24) is 4.98 Å². The summed E-state index contributed by atoms with van der Waals surface area (Å²) in [5.41, 5.74) is 2.00. The molecule has 2 aromatic rings. The quantitative estimate of drug-likeness (QED) is 0.865. The molecule has 0 bridgehead atoms. The number of hydrogen-bond acceptors (Lipinski definition) is 2. The van der Waals surface area contributed by atoms with Gasteiger partial charge in [-0.15, -0.1) is 0 Å². The van der Waals surface area contributed by atoms with E-state index in [0.717, 1.165) is 15.6 Å². The molecular weight excluding hydrogens is 278 g/mol. The molecule has 2 nitrogen and oxygen atoms in total. The number of aromatic nitrogens is 1. The van der Waals surface area contributed by atoms with Crippen LogP contribution in [0, 0.1) is 0 Å². The minimum Gasteiger partial charge on any atom is -0.299 e. The highest BCUT2D eigenvalue weighted by Crippen LogP contribution is 2.13. The Balaban J connectivity index is 1.98. The van der Waals surface area contributed by atoms with E-state index in [2.05, 4.69) is 20.9 Å². The fourth-order valence-electron chi connectivity index (χ4n) is 1.67. The van der Waals surface area contributed by atoms with Crippen LogP contribution in [0.4, 0.5) is 0 Å². The van der Waals surface area contributed by atoms with Crippen LogP contribution < -0.4 is 0 Å². The Hall–Kier alpha value is -1.48. The van der Waals surface area contributed by atoms with Gasteiger partial charge in [-0.05, 0) is 29.3 Å². The van der Waals surface area contributed by atoms with Gasteiger partial charge < -0.3 is 0 Å². The van der Waals surface area contributed by atoms with Crippen molar-refractivity contribution in [2.75, 3.05) is 0 Å². The number of benzene rings is 1. The van der Waals surface area contributed by atoms with Gasteiger partial charge in [-0.2, -0.15) is 0 Å². The maximum absolute atomic E-state index is 11.9. The molecule has 0 aliphatic carbocycles. The van der Waals surface area contributed by atoms with Gasteiger partial charge in [0.15, 0.2) is 0 Å². The standard InChI is InChI=1S/C14H12BrNO/c15-13-5-1-3-11(7-13)8-14(17)9-12-4-2-6-16-10-12/h1-7,10H,8-9H2. The first-order valence-electron chi connectivity index (χ1n) is 5.39. The summed E-state index contributed by atoms with van der Waals surface area (Å²) in [5, 5.41) is 0. The van der Waals surface area contributed by atoms with Gasteiger partial charge in [-0.25, -0.2) is 0 Å². The Labute approximate surface area is 109 Å². The molecule has 0 saturated heterocycles. The summed E-state index contributed by atoms with van der Waals surface area (Å²) in [6, 6.07) is 11.6. The van der Waals surface area contributed by atoms with Crippen molar-refractivity contribution in [1.29, 1.82) is 0 Å². The topological polar surface area (TPSA) is 30.0 Å². The number of pyridine rings is 1. The van der Waals surface area contributed by atoms with Crippen LogP contribution in [0.2, 0.25) is 0 Å². The molecule has 2 rings (SSSR count). The second kappa shape index (κ2) is 5.73. The van der Waals surface area contributed by atoms with Gasteiger partial charge in [0.2, 0.25) is 0 Å². The number of nitrogens with zero attached hydrogens (tertiary/aromatic N) is 1. The normalized spacial score (nSPS) is 10.2. The molecule has 0 N–H and O–H groups in total. The third-order valence-corrected chi connectivity index (χ3v) is 2.91. The molecule has 1 heterocycles. The predicted octanol–water partition coefficient (Wildman–Crippen LogP) is 3.20. The van der Waals surface area contributed by atoms with Crippen molar-refractivity contribution in [2.24, 2.45) is 0 Å². The molecule has 86 valence electrons. The first-order chi connectivity index (χ1) is 8.24. The number of Topliss-reactive ketones (excluding diaryl/α,β-unsaturated/α-hetero) is 1. The van der Waals surface area contributed by atoms with Crippen molar-refractivity contribution in [3.05, 3.63) is 64.4 Å². The van der Waals surface area contributed by atoms with Crippen molar-refractivity contribution in [2.45, 2.75) is 12.8 Å². The van der Waals surface area contributed by atoms with Crippen LogP contribution in [-0.2, 0) is 17.6 Å². The van der Waals surface area contributed by atoms with Gasteiger partial charge >= 0.3 is 0 Å². The monoisotopic (exact) mass is 289 g/mol. The van der Waals surface area contributed by atoms with Crippen LogP contribution in [0.15, 0.2) is 53.3 Å². The van der Waals surface area contributed by atoms with Gasteiger partial charge in [0.25, 0.3) is 0 Å². The number of carbonyl (C=O) groups excluding carboxylic acids is 1. The van der Waals surface area contributed by atoms with E-state index in [-0.39, 0.29) is 5.78 Å². The maximum Gasteiger partial charge on any atom is 0.141 e. The minimum absolute atomic E-state index is 0.205. The average molecular weight is 290 g/mol. The van der Waals surface area contributed by atoms with Crippen LogP contribution in [0.1, 0.15) is 11.1 Å². The fraction of sp³-hybridized carbons (Fsp3) is 0.143. The maximum atomic E-state index is 11.9. The molecule has 0 saturated carbocycles. The Morgan fingerprint density at radius 2 is 1.88 bits per heavy atom. The molecule has 0 aliphatic heterocycles. The molecule has 0 amide bonds. The number of rotatable bonds is 4. The predicted molar refractivity (Wildman–Crippen MR) is 70.8 cm³/mol. The third kappa shape index (κ3) is 3.79. The zero-order valence-corrected chi connectivity index (χ0v) is 10.9. The first kappa shape index (κ1) is 12.0. The second-order valence-corrected chi connectivity index (χ2v) is 4.80. The van der Waals surface area contributed by atoms with Crippen LogP contribution in [0.25, 0.3) is 0 Å². The van der Waals surface area contributed by atoms with E-state index < -0.39 is 0 Å². The molecule has 1 aromatic heterocycles. The summed E-state index contributed by atoms with van der Waals surface area (Å²) in [5.74, 6) is 0.205. The summed E-state index contributed by atoms with van der Waals surface area (Å²) in [7, 11) is 0. The smallest absolute Gasteiger partial charge is 0.141 e. The molecule has 0 spiro atoms. The Morgan fingerprint density at radius 3 is 2.59 bits per heavy atom. The zero-order chi connectivity index (χ0) is 12.1. The number of halogens is 1. The second-order valence-electron chi connectivity index (χ2n) is 3.88. The van der Waals surface area contributed by atoms with E-state index in [1.165, 1.54) is 0 Å². The lowest BCUT2D eigenvalue weighted by molar-refractivity contribution is -0.117. The van der Waals surface area contributed by atoms with Crippen LogP contribution in [0.3, 0.4) is 0 Å². The largest absolute Gasteiger partial charge is 0.299 e. The Bertz CT molecular complexity index is 511. The molecule has 3 heteroatoms. The van der Waals surface area contributed by atoms with E-state index in [4.69, 9.17) is 0 Å². The lowest BCUT2D eigenvalue weighted by Gasteiger charge is -2.02. The van der Waals surface area contributed by atoms with Gasteiger partial charge in [-0.1, -0.05) is 34.1 Å². The van der Waals surface area contributed by atoms with E-state index in [1.54, 1.807) is 12.4 Å². The van der Waals surface area contributed by atoms with Gasteiger partial charge in [0.1, 0.15) is 5.78 Å². The van der Waals surface area contributed by atoms with Crippen molar-refractivity contribution in [3.63, 3.8) is 0 Å². The van der Waals surface area contributed by atoms with Crippen LogP contribution >= 0.6 is 15.9 Å². The van der Waals surface area contributed by atoms with Crippen LogP contribution in [0.5, 0.6) is 0 Å². The van der Waals surface area contributed by atoms with E-state index >= 15 is 0 Å². The molecular formula is C14H12BrNO. The summed E-state index contributed by atoms with van der Waals surface area (Å²) in [4.78, 5) is 15.8. The van der Waals surface area contributed by atoms with Crippen molar-refractivity contribution >= 4 is 21.7 Å². The number of hydrogen-bond donors (Lipinski definition) is 0. The number of ketones is 1. The fourth-order valence-corrected chi connectivity index (χ4v) is 2.11. The first-order valence-corrected chi connectivity index (χ1v) is 6.18. The summed E-state index contributed by atoms with van der Waals surface area (Å²) >= 11 is 3.40. The Kier molecular flexibility index (Phi) is 4.04. The van der Waals surface area contributed by atoms with Crippen molar-refractivity contribution in [3.8, 4) is 0 Å². The Morgan fingerprint density at radius 1 is 1.12 bits per heavy atom. The van der Waals surface area contributed by atoms with Gasteiger partial charge in [0.05, 0.1) is 0 Å². The summed E-state index contributed by atoms with van der Waals surface area (Å²) in [6.07, 6.45) is 4.36. The zero-order valence-electron chi connectivity index (χ0n) is 9.27. The molecule has 0 aliphatic rings. The number of carbonyl (C=O) groups is 1. The van der Waals surface area contributed by atoms with Crippen LogP contribution in [-0.4, -0.2) is 10.8 Å². The molecule has 0 atom stereocenters. The highest BCUT2D eigenvalue weighted by Gasteiger charge is 2.05. The highest BCUT2D eigenvalue weighted by atomic mass is 79.9. The van der Waals surface area contributed by atoms with E-state index in [1.807, 2.05) is 36.4 Å². The molecule has 0 fully saturated rings. The molecule has 1 aromatic carbocycles. The summed E-state index contributed by atoms with van der Waals surface area (Å²) < 4.78 is 1.00. The van der Waals surface area contributed by atoms with Crippen molar-refractivity contribution < 1.29 is 4.79 Å². The lowest BCUT2D eigenvalue weighted by atomic mass is 10.0. The highest BCUT2D eigenvalue weighted by molar-refractivity contribution is 9.10. The average Bonchev–Trinajstić information content (AvgIpc) is 2.30. The summed E-state index contributed by atoms with van der Waals surface area (Å²) in [6.45, 7) is 0. The third-order valence-electron chi connectivity index (χ3n) is 2.41. The SMILES string of the molecule is O=C(Cc1cccnc1)Cc1cccc(Br)c1. The van der Waals surface area contributed by atoms with E-state index in [9.17, 15) is 4.79 Å². The molecule has 17 heavy (non-hydrogen) atoms. The van der Waals surface area contributed by atoms with E-state index in [0.29, 0.717) is 12.8 Å². The van der Waals surface area contributed by atoms with Gasteiger partial charge in [0, 0.05) is 29.7 Å². The molecule has 0 unspecified atom stereocenters. The lowest BCUT2D eigenvalue weighted by Crippen LogP contribution is -2.06.